The maximum Gasteiger partial charge on any atom is 0.264 e. The number of nitrogens with one attached hydrogen (secondary N) is 1. The summed E-state index contributed by atoms with van der Waals surface area (Å²) in [4.78, 5) is 29.3. The van der Waals surface area contributed by atoms with Gasteiger partial charge in [0.2, 0.25) is 8.41 Å². The Morgan fingerprint density at radius 2 is 1.89 bits per heavy atom. The van der Waals surface area contributed by atoms with Crippen molar-refractivity contribution in [3.05, 3.63) is 101 Å². The number of fused-ring (bicyclic) bond motifs is 2. The molecule has 2 aliphatic heterocycles. The zero-order valence-electron chi connectivity index (χ0n) is 27.0. The minimum Gasteiger partial charge on any atom is -0.497 e. The number of methoxy groups -OCH3 is 1. The number of aliphatic hydroxyl groups excluding tert-OH is 1. The summed E-state index contributed by atoms with van der Waals surface area (Å²) in [5.74, 6) is -0.218. The van der Waals surface area contributed by atoms with Gasteiger partial charge in [-0.15, -0.1) is 5.10 Å². The van der Waals surface area contributed by atoms with Crippen LogP contribution >= 0.6 is 0 Å². The van der Waals surface area contributed by atoms with E-state index in [1.54, 1.807) is 66.3 Å². The normalized spacial score (nSPS) is 22.1. The van der Waals surface area contributed by atoms with E-state index >= 15 is 4.11 Å². The van der Waals surface area contributed by atoms with Crippen LogP contribution in [0.1, 0.15) is 40.5 Å². The molecule has 1 spiro atoms. The van der Waals surface area contributed by atoms with Crippen LogP contribution in [0.4, 0.5) is 15.5 Å². The molecule has 2 aliphatic rings. The molecule has 1 fully saturated rings. The number of ether oxygens (including phenoxy) is 2. The Morgan fingerprint density at radius 1 is 1.13 bits per heavy atom. The Kier molecular flexibility index (Phi) is 9.01. The molecule has 1 aromatic heterocycles. The van der Waals surface area contributed by atoms with Crippen molar-refractivity contribution in [3.63, 3.8) is 0 Å². The summed E-state index contributed by atoms with van der Waals surface area (Å²) in [7, 11) is -1.74. The van der Waals surface area contributed by atoms with Crippen LogP contribution in [0.5, 0.6) is 5.75 Å². The maximum absolute atomic E-state index is 16.1. The van der Waals surface area contributed by atoms with Gasteiger partial charge < -0.3 is 28.9 Å². The molecule has 0 radical (unpaired) electrons. The molecular formula is C35H40FN5O5Si. The number of amides is 2. The first-order chi connectivity index (χ1) is 22.5. The van der Waals surface area contributed by atoms with Crippen LogP contribution in [0.15, 0.2) is 79.0 Å². The van der Waals surface area contributed by atoms with Gasteiger partial charge >= 0.3 is 0 Å². The van der Waals surface area contributed by atoms with Crippen LogP contribution < -0.4 is 15.0 Å². The lowest BCUT2D eigenvalue weighted by atomic mass is 9.82. The Balaban J connectivity index is 1.25. The van der Waals surface area contributed by atoms with Crippen LogP contribution in [0.2, 0.25) is 18.6 Å². The van der Waals surface area contributed by atoms with Gasteiger partial charge in [0.1, 0.15) is 5.75 Å². The lowest BCUT2D eigenvalue weighted by Crippen LogP contribution is -2.45. The van der Waals surface area contributed by atoms with Gasteiger partial charge in [-0.25, -0.2) is 0 Å². The number of rotatable bonds is 11. The maximum atomic E-state index is 16.1. The fourth-order valence-corrected chi connectivity index (χ4v) is 9.78. The molecule has 0 saturated carbocycles. The molecule has 2 amide bonds. The summed E-state index contributed by atoms with van der Waals surface area (Å²) in [6.45, 7) is 6.00. The second-order valence-corrected chi connectivity index (χ2v) is 16.6. The number of carbonyl (C=O) groups is 2. The Bertz CT molecular complexity index is 1760. The van der Waals surface area contributed by atoms with Crippen molar-refractivity contribution >= 4 is 31.6 Å². The lowest BCUT2D eigenvalue weighted by Gasteiger charge is -2.31. The Labute approximate surface area is 274 Å². The van der Waals surface area contributed by atoms with E-state index in [4.69, 9.17) is 9.47 Å². The first kappa shape index (κ1) is 32.5. The fraction of sp³-hybridized carbons (Fsp3) is 0.371. The summed E-state index contributed by atoms with van der Waals surface area (Å²) < 4.78 is 29.8. The second kappa shape index (κ2) is 13.0. The molecule has 246 valence electrons. The SMILES string of the molecule is COc1ccc(C(=O)Nc2cccc(CN3C(=O)[C@]4(O[C@H](CCn5cc(CCO)nn5)[C@@H]([Si](C)(C)F)[C@@H]4C)c4ccccc43)c2)cc1. The molecule has 3 aromatic carbocycles. The Hall–Kier alpha value is -4.39. The van der Waals surface area contributed by atoms with E-state index in [0.717, 1.165) is 16.8 Å². The molecule has 4 aromatic rings. The number of aliphatic hydroxyl groups is 1. The number of nitrogens with zero attached hydrogens (tertiary/aromatic N) is 4. The van der Waals surface area contributed by atoms with Gasteiger partial charge in [0, 0.05) is 54.0 Å². The third kappa shape index (κ3) is 6.20. The molecule has 6 rings (SSSR count). The van der Waals surface area contributed by atoms with Crippen molar-refractivity contribution in [1.82, 2.24) is 15.0 Å². The van der Waals surface area contributed by atoms with E-state index in [9.17, 15) is 14.7 Å². The summed E-state index contributed by atoms with van der Waals surface area (Å²) in [6.07, 6.45) is 2.15. The first-order valence-corrected chi connectivity index (χ1v) is 18.8. The summed E-state index contributed by atoms with van der Waals surface area (Å²) in [5.41, 5.74) is 2.32. The van der Waals surface area contributed by atoms with Gasteiger partial charge in [-0.05, 0) is 67.5 Å². The van der Waals surface area contributed by atoms with Crippen LogP contribution in [0, 0.1) is 5.92 Å². The van der Waals surface area contributed by atoms with E-state index in [0.29, 0.717) is 42.1 Å². The van der Waals surface area contributed by atoms with Crippen molar-refractivity contribution in [2.24, 2.45) is 5.92 Å². The van der Waals surface area contributed by atoms with E-state index in [2.05, 4.69) is 15.6 Å². The van der Waals surface area contributed by atoms with Crippen molar-refractivity contribution in [2.45, 2.75) is 63.2 Å². The molecule has 47 heavy (non-hydrogen) atoms. The standard InChI is InChI=1S/C35H40FN5O5Si/c1-23-32(47(3,4)36)31(16-18-40-22-27(17-19-42)38-39-40)46-35(23)29-10-5-6-11-30(29)41(34(35)44)21-24-8-7-9-26(20-24)37-33(43)25-12-14-28(45-2)15-13-25/h5-15,20,22-23,31-32,42H,16-19,21H2,1-4H3,(H,37,43)/t23-,31+,32-,35+/m0/s1. The molecule has 10 nitrogen and oxygen atoms in total. The van der Waals surface area contributed by atoms with Gasteiger partial charge in [0.15, 0.2) is 5.60 Å². The topological polar surface area (TPSA) is 119 Å². The molecule has 3 heterocycles. The number of aryl methyl sites for hydroxylation is 1. The first-order valence-electron chi connectivity index (χ1n) is 15.9. The summed E-state index contributed by atoms with van der Waals surface area (Å²) in [5, 5.41) is 20.4. The van der Waals surface area contributed by atoms with Gasteiger partial charge in [-0.2, -0.15) is 0 Å². The van der Waals surface area contributed by atoms with Crippen LogP contribution in [-0.4, -0.2) is 60.1 Å². The van der Waals surface area contributed by atoms with E-state index in [-0.39, 0.29) is 25.0 Å². The van der Waals surface area contributed by atoms with Gasteiger partial charge in [-0.3, -0.25) is 14.3 Å². The zero-order valence-corrected chi connectivity index (χ0v) is 28.0. The number of aromatic nitrogens is 3. The zero-order chi connectivity index (χ0) is 33.3. The quantitative estimate of drug-likeness (QED) is 0.162. The van der Waals surface area contributed by atoms with Crippen molar-refractivity contribution in [3.8, 4) is 5.75 Å². The Morgan fingerprint density at radius 3 is 2.62 bits per heavy atom. The highest BCUT2D eigenvalue weighted by Crippen LogP contribution is 2.60. The second-order valence-electron chi connectivity index (χ2n) is 12.8. The molecule has 1 saturated heterocycles. The average molecular weight is 658 g/mol. The lowest BCUT2D eigenvalue weighted by molar-refractivity contribution is -0.146. The van der Waals surface area contributed by atoms with E-state index in [1.165, 1.54) is 0 Å². The molecule has 0 unspecified atom stereocenters. The van der Waals surface area contributed by atoms with Crippen molar-refractivity contribution in [2.75, 3.05) is 23.9 Å². The van der Waals surface area contributed by atoms with Gasteiger partial charge in [0.05, 0.1) is 31.1 Å². The number of halogens is 1. The monoisotopic (exact) mass is 657 g/mol. The molecular weight excluding hydrogens is 617 g/mol. The molecule has 12 heteroatoms. The van der Waals surface area contributed by atoms with Crippen LogP contribution in [0.3, 0.4) is 0 Å². The van der Waals surface area contributed by atoms with Crippen molar-refractivity contribution in [1.29, 1.82) is 0 Å². The summed E-state index contributed by atoms with van der Waals surface area (Å²) >= 11 is 0. The van der Waals surface area contributed by atoms with Gasteiger partial charge in [-0.1, -0.05) is 42.5 Å². The largest absolute Gasteiger partial charge is 0.497 e. The predicted molar refractivity (Wildman–Crippen MR) is 179 cm³/mol. The van der Waals surface area contributed by atoms with E-state index in [1.807, 2.05) is 49.4 Å². The van der Waals surface area contributed by atoms with E-state index < -0.39 is 31.6 Å². The smallest absolute Gasteiger partial charge is 0.264 e. The van der Waals surface area contributed by atoms with Crippen LogP contribution in [-0.2, 0) is 34.6 Å². The molecule has 0 aliphatic carbocycles. The molecule has 4 atom stereocenters. The summed E-state index contributed by atoms with van der Waals surface area (Å²) in [6, 6.07) is 21.9. The van der Waals surface area contributed by atoms with Gasteiger partial charge in [0.25, 0.3) is 11.8 Å². The number of hydrogen-bond acceptors (Lipinski definition) is 7. The minimum absolute atomic E-state index is 0.0190. The fourth-order valence-electron chi connectivity index (χ4n) is 7.24. The predicted octanol–water partition coefficient (Wildman–Crippen LogP) is 5.49. The number of hydrogen-bond donors (Lipinski definition) is 2. The van der Waals surface area contributed by atoms with Crippen LogP contribution in [0.25, 0.3) is 0 Å². The number of benzene rings is 3. The van der Waals surface area contributed by atoms with Crippen molar-refractivity contribution < 1.29 is 28.3 Å². The number of anilines is 2. The molecule has 2 N–H and O–H groups in total. The highest BCUT2D eigenvalue weighted by molar-refractivity contribution is 6.72. The number of carbonyl (C=O) groups excluding carboxylic acids is 2. The third-order valence-corrected chi connectivity index (χ3v) is 11.8. The average Bonchev–Trinajstić information content (AvgIpc) is 3.70. The third-order valence-electron chi connectivity index (χ3n) is 9.34. The minimum atomic E-state index is -3.31. The highest BCUT2D eigenvalue weighted by atomic mass is 28.4. The highest BCUT2D eigenvalue weighted by Gasteiger charge is 2.66. The molecule has 0 bridgehead atoms. The number of para-hydroxylation sites is 1.